The summed E-state index contributed by atoms with van der Waals surface area (Å²) in [4.78, 5) is 5.16. The zero-order valence-corrected chi connectivity index (χ0v) is 13.5. The van der Waals surface area contributed by atoms with Crippen LogP contribution < -0.4 is 4.74 Å². The fourth-order valence-electron chi connectivity index (χ4n) is 1.95. The van der Waals surface area contributed by atoms with Crippen molar-refractivity contribution in [3.63, 3.8) is 0 Å². The minimum atomic E-state index is -0.842. The van der Waals surface area contributed by atoms with E-state index in [2.05, 4.69) is 31.8 Å². The summed E-state index contributed by atoms with van der Waals surface area (Å²) in [5.41, 5.74) is 2.75. The van der Waals surface area contributed by atoms with E-state index in [4.69, 9.17) is 4.74 Å². The molecule has 0 atom stereocenters. The number of thiazole rings is 1. The SMILES string of the molecule is Cc1cc(C)c(C)c(OCc2ncc(C(C)(C)O)s2)c1. The molecule has 0 bridgehead atoms. The van der Waals surface area contributed by atoms with Gasteiger partial charge >= 0.3 is 0 Å². The Bertz CT molecular complexity index is 611. The van der Waals surface area contributed by atoms with Gasteiger partial charge < -0.3 is 9.84 Å². The molecule has 0 radical (unpaired) electrons. The molecule has 20 heavy (non-hydrogen) atoms. The second-order valence-electron chi connectivity index (χ2n) is 5.67. The monoisotopic (exact) mass is 291 g/mol. The van der Waals surface area contributed by atoms with Gasteiger partial charge in [-0.15, -0.1) is 11.3 Å². The molecule has 0 saturated carbocycles. The van der Waals surface area contributed by atoms with Gasteiger partial charge in [-0.05, 0) is 57.4 Å². The third kappa shape index (κ3) is 3.38. The predicted molar refractivity (Wildman–Crippen MR) is 82.3 cm³/mol. The number of ether oxygens (including phenoxy) is 1. The van der Waals surface area contributed by atoms with Crippen molar-refractivity contribution in [1.29, 1.82) is 0 Å². The molecule has 0 aliphatic heterocycles. The number of aliphatic hydroxyl groups is 1. The highest BCUT2D eigenvalue weighted by molar-refractivity contribution is 7.11. The minimum Gasteiger partial charge on any atom is -0.486 e. The quantitative estimate of drug-likeness (QED) is 0.929. The summed E-state index contributed by atoms with van der Waals surface area (Å²) in [5.74, 6) is 0.905. The maximum atomic E-state index is 9.93. The molecule has 1 aromatic heterocycles. The molecule has 108 valence electrons. The Morgan fingerprint density at radius 1 is 1.25 bits per heavy atom. The lowest BCUT2D eigenvalue weighted by Gasteiger charge is -2.13. The molecule has 1 N–H and O–H groups in total. The van der Waals surface area contributed by atoms with E-state index in [1.54, 1.807) is 20.0 Å². The van der Waals surface area contributed by atoms with Crippen LogP contribution in [-0.4, -0.2) is 10.1 Å². The molecule has 0 fully saturated rings. The van der Waals surface area contributed by atoms with Gasteiger partial charge in [-0.1, -0.05) is 6.07 Å². The zero-order chi connectivity index (χ0) is 14.9. The van der Waals surface area contributed by atoms with E-state index < -0.39 is 5.60 Å². The zero-order valence-electron chi connectivity index (χ0n) is 12.7. The van der Waals surface area contributed by atoms with Gasteiger partial charge in [0, 0.05) is 6.20 Å². The number of hydrogen-bond acceptors (Lipinski definition) is 4. The van der Waals surface area contributed by atoms with E-state index in [1.807, 2.05) is 6.07 Å². The molecular weight excluding hydrogens is 270 g/mol. The number of hydrogen-bond donors (Lipinski definition) is 1. The molecule has 0 aliphatic carbocycles. The van der Waals surface area contributed by atoms with Crippen LogP contribution in [0.2, 0.25) is 0 Å². The summed E-state index contributed by atoms with van der Waals surface area (Å²) in [7, 11) is 0. The molecule has 0 aliphatic rings. The molecule has 0 saturated heterocycles. The van der Waals surface area contributed by atoms with Crippen molar-refractivity contribution in [2.75, 3.05) is 0 Å². The molecule has 1 aromatic carbocycles. The fourth-order valence-corrected chi connectivity index (χ4v) is 2.78. The molecule has 0 spiro atoms. The molecular formula is C16H21NO2S. The number of aromatic nitrogens is 1. The summed E-state index contributed by atoms with van der Waals surface area (Å²) < 4.78 is 5.88. The predicted octanol–water partition coefficient (Wildman–Crippen LogP) is 3.87. The third-order valence-electron chi connectivity index (χ3n) is 3.27. The van der Waals surface area contributed by atoms with Gasteiger partial charge in [-0.25, -0.2) is 4.98 Å². The number of nitrogens with zero attached hydrogens (tertiary/aromatic N) is 1. The highest BCUT2D eigenvalue weighted by Gasteiger charge is 2.19. The van der Waals surface area contributed by atoms with Gasteiger partial charge in [0.1, 0.15) is 17.4 Å². The third-order valence-corrected chi connectivity index (χ3v) is 4.56. The molecule has 1 heterocycles. The van der Waals surface area contributed by atoms with Crippen molar-refractivity contribution >= 4 is 11.3 Å². The Balaban J connectivity index is 2.11. The van der Waals surface area contributed by atoms with Gasteiger partial charge in [0.25, 0.3) is 0 Å². The van der Waals surface area contributed by atoms with Gasteiger partial charge in [-0.2, -0.15) is 0 Å². The van der Waals surface area contributed by atoms with Gasteiger partial charge in [0.2, 0.25) is 0 Å². The second kappa shape index (κ2) is 5.54. The Hall–Kier alpha value is -1.39. The van der Waals surface area contributed by atoms with E-state index in [0.29, 0.717) is 6.61 Å². The summed E-state index contributed by atoms with van der Waals surface area (Å²) in [6.07, 6.45) is 1.72. The lowest BCUT2D eigenvalue weighted by molar-refractivity contribution is 0.0823. The first kappa shape index (κ1) is 15.0. The van der Waals surface area contributed by atoms with E-state index in [9.17, 15) is 5.11 Å². The van der Waals surface area contributed by atoms with Crippen LogP contribution in [0.4, 0.5) is 0 Å². The van der Waals surface area contributed by atoms with Crippen LogP contribution in [0.1, 0.15) is 40.4 Å². The molecule has 0 unspecified atom stereocenters. The fraction of sp³-hybridized carbons (Fsp3) is 0.438. The van der Waals surface area contributed by atoms with E-state index in [-0.39, 0.29) is 0 Å². The Labute approximate surface area is 124 Å². The van der Waals surface area contributed by atoms with Crippen LogP contribution >= 0.6 is 11.3 Å². The second-order valence-corrected chi connectivity index (χ2v) is 6.79. The number of benzene rings is 1. The van der Waals surface area contributed by atoms with Gasteiger partial charge in [0.05, 0.1) is 10.5 Å². The minimum absolute atomic E-state index is 0.435. The molecule has 2 rings (SSSR count). The first-order valence-corrected chi connectivity index (χ1v) is 7.47. The number of rotatable bonds is 4. The van der Waals surface area contributed by atoms with Crippen molar-refractivity contribution in [2.45, 2.75) is 46.8 Å². The smallest absolute Gasteiger partial charge is 0.140 e. The standard InChI is InChI=1S/C16H21NO2S/c1-10-6-11(2)12(3)13(7-10)19-9-15-17-8-14(20-15)16(4,5)18/h6-8,18H,9H2,1-5H3. The topological polar surface area (TPSA) is 42.4 Å². The van der Waals surface area contributed by atoms with Crippen LogP contribution in [0, 0.1) is 20.8 Å². The summed E-state index contributed by atoms with van der Waals surface area (Å²) in [6, 6.07) is 4.20. The summed E-state index contributed by atoms with van der Waals surface area (Å²) in [5, 5.41) is 10.8. The summed E-state index contributed by atoms with van der Waals surface area (Å²) >= 11 is 1.49. The van der Waals surface area contributed by atoms with Crippen molar-refractivity contribution in [3.8, 4) is 5.75 Å². The Kier molecular flexibility index (Phi) is 4.16. The first-order valence-electron chi connectivity index (χ1n) is 6.65. The Morgan fingerprint density at radius 2 is 1.95 bits per heavy atom. The first-order chi connectivity index (χ1) is 9.27. The van der Waals surface area contributed by atoms with Crippen molar-refractivity contribution in [3.05, 3.63) is 44.9 Å². The van der Waals surface area contributed by atoms with Gasteiger partial charge in [-0.3, -0.25) is 0 Å². The summed E-state index contributed by atoms with van der Waals surface area (Å²) in [6.45, 7) is 10.2. The maximum Gasteiger partial charge on any atom is 0.140 e. The number of aryl methyl sites for hydroxylation is 2. The molecule has 3 nitrogen and oxygen atoms in total. The molecule has 2 aromatic rings. The van der Waals surface area contributed by atoms with Crippen molar-refractivity contribution < 1.29 is 9.84 Å². The van der Waals surface area contributed by atoms with Crippen LogP contribution in [0.5, 0.6) is 5.75 Å². The van der Waals surface area contributed by atoms with E-state index >= 15 is 0 Å². The van der Waals surface area contributed by atoms with Crippen LogP contribution in [0.15, 0.2) is 18.3 Å². The Morgan fingerprint density at radius 3 is 2.55 bits per heavy atom. The highest BCUT2D eigenvalue weighted by atomic mass is 32.1. The molecule has 4 heteroatoms. The maximum absolute atomic E-state index is 9.93. The van der Waals surface area contributed by atoms with Crippen molar-refractivity contribution in [1.82, 2.24) is 4.98 Å². The van der Waals surface area contributed by atoms with Gasteiger partial charge in [0.15, 0.2) is 0 Å². The lowest BCUT2D eigenvalue weighted by atomic mass is 10.1. The average Bonchev–Trinajstić information content (AvgIpc) is 2.80. The van der Waals surface area contributed by atoms with Crippen LogP contribution in [-0.2, 0) is 12.2 Å². The average molecular weight is 291 g/mol. The van der Waals surface area contributed by atoms with E-state index in [0.717, 1.165) is 21.2 Å². The van der Waals surface area contributed by atoms with E-state index in [1.165, 1.54) is 22.5 Å². The van der Waals surface area contributed by atoms with Crippen LogP contribution in [0.25, 0.3) is 0 Å². The van der Waals surface area contributed by atoms with Crippen LogP contribution in [0.3, 0.4) is 0 Å². The molecule has 0 amide bonds. The normalized spacial score (nSPS) is 11.7. The lowest BCUT2D eigenvalue weighted by Crippen LogP contribution is -2.12. The largest absolute Gasteiger partial charge is 0.486 e. The van der Waals surface area contributed by atoms with Crippen molar-refractivity contribution in [2.24, 2.45) is 0 Å². The highest BCUT2D eigenvalue weighted by Crippen LogP contribution is 2.28.